The molecule has 150 valence electrons. The van der Waals surface area contributed by atoms with E-state index in [2.05, 4.69) is 0 Å². The lowest BCUT2D eigenvalue weighted by Crippen LogP contribution is -2.27. The third-order valence-corrected chi connectivity index (χ3v) is 5.29. The van der Waals surface area contributed by atoms with Gasteiger partial charge in [0.1, 0.15) is 0 Å². The summed E-state index contributed by atoms with van der Waals surface area (Å²) < 4.78 is 4.96. The number of thioether (sulfide) groups is 1. The molecule has 0 saturated carbocycles. The molecule has 2 aromatic rings. The minimum absolute atomic E-state index is 0.157. The van der Waals surface area contributed by atoms with E-state index in [1.165, 1.54) is 4.90 Å². The number of nitrogens with zero attached hydrogens (tertiary/aromatic N) is 2. The molecule has 3 rings (SSSR count). The van der Waals surface area contributed by atoms with E-state index in [1.54, 1.807) is 37.3 Å². The van der Waals surface area contributed by atoms with Crippen molar-refractivity contribution in [1.29, 1.82) is 0 Å². The summed E-state index contributed by atoms with van der Waals surface area (Å²) in [6, 6.07) is 14.5. The number of carbonyl (C=O) groups is 3. The highest BCUT2D eigenvalue weighted by molar-refractivity contribution is 8.18. The molecule has 1 saturated heterocycles. The fourth-order valence-electron chi connectivity index (χ4n) is 2.80. The molecule has 0 N–H and O–H groups in total. The minimum Gasteiger partial charge on any atom is -0.462 e. The lowest BCUT2D eigenvalue weighted by molar-refractivity contribution is -0.123. The maximum absolute atomic E-state index is 12.7. The van der Waals surface area contributed by atoms with Crippen molar-refractivity contribution in [3.8, 4) is 0 Å². The van der Waals surface area contributed by atoms with Crippen molar-refractivity contribution in [2.24, 2.45) is 0 Å². The largest absolute Gasteiger partial charge is 0.462 e. The third kappa shape index (κ3) is 4.86. The molecule has 0 aromatic heterocycles. The molecular weight excluding hydrogens is 388 g/mol. The number of esters is 1. The lowest BCUT2D eigenvalue weighted by Gasteiger charge is -2.13. The van der Waals surface area contributed by atoms with Crippen LogP contribution in [0.3, 0.4) is 0 Å². The molecule has 6 nitrogen and oxygen atoms in total. The van der Waals surface area contributed by atoms with Crippen LogP contribution in [0.1, 0.15) is 28.4 Å². The summed E-state index contributed by atoms with van der Waals surface area (Å²) in [6.07, 6.45) is 1.73. The maximum atomic E-state index is 12.7. The van der Waals surface area contributed by atoms with Crippen molar-refractivity contribution in [1.82, 2.24) is 4.90 Å². The van der Waals surface area contributed by atoms with Gasteiger partial charge < -0.3 is 9.64 Å². The zero-order valence-corrected chi connectivity index (χ0v) is 17.4. The van der Waals surface area contributed by atoms with Crippen molar-refractivity contribution in [3.05, 3.63) is 70.1 Å². The average molecular weight is 410 g/mol. The van der Waals surface area contributed by atoms with Gasteiger partial charge in [-0.05, 0) is 60.2 Å². The number of anilines is 1. The van der Waals surface area contributed by atoms with Crippen LogP contribution < -0.4 is 4.90 Å². The second-order valence-electron chi connectivity index (χ2n) is 6.67. The van der Waals surface area contributed by atoms with E-state index in [4.69, 9.17) is 4.74 Å². The predicted molar refractivity (Wildman–Crippen MR) is 115 cm³/mol. The smallest absolute Gasteiger partial charge is 0.338 e. The molecule has 7 heteroatoms. The predicted octanol–water partition coefficient (Wildman–Crippen LogP) is 4.17. The van der Waals surface area contributed by atoms with Crippen LogP contribution in [-0.2, 0) is 16.1 Å². The number of hydrogen-bond donors (Lipinski definition) is 0. The summed E-state index contributed by atoms with van der Waals surface area (Å²) in [4.78, 5) is 40.4. The third-order valence-electron chi connectivity index (χ3n) is 4.39. The van der Waals surface area contributed by atoms with Crippen molar-refractivity contribution >= 4 is 40.6 Å². The Hall–Kier alpha value is -3.06. The van der Waals surface area contributed by atoms with Crippen LogP contribution in [0.25, 0.3) is 6.08 Å². The molecule has 29 heavy (non-hydrogen) atoms. The van der Waals surface area contributed by atoms with E-state index in [0.717, 1.165) is 28.6 Å². The molecule has 0 spiro atoms. The van der Waals surface area contributed by atoms with Crippen molar-refractivity contribution < 1.29 is 19.1 Å². The molecule has 2 aromatic carbocycles. The lowest BCUT2D eigenvalue weighted by atomic mass is 10.1. The van der Waals surface area contributed by atoms with Crippen molar-refractivity contribution in [3.63, 3.8) is 0 Å². The molecule has 0 atom stereocenters. The van der Waals surface area contributed by atoms with Crippen LogP contribution in [0, 0.1) is 0 Å². The molecule has 1 aliphatic rings. The van der Waals surface area contributed by atoms with E-state index in [9.17, 15) is 14.4 Å². The van der Waals surface area contributed by atoms with Gasteiger partial charge in [0, 0.05) is 19.8 Å². The Morgan fingerprint density at radius 2 is 1.72 bits per heavy atom. The molecule has 1 heterocycles. The fraction of sp³-hybridized carbons (Fsp3) is 0.227. The summed E-state index contributed by atoms with van der Waals surface area (Å²) in [5.41, 5.74) is 3.11. The van der Waals surface area contributed by atoms with Gasteiger partial charge in [0.25, 0.3) is 11.1 Å². The van der Waals surface area contributed by atoms with Crippen LogP contribution in [-0.4, -0.2) is 42.7 Å². The van der Waals surface area contributed by atoms with Gasteiger partial charge in [-0.2, -0.15) is 0 Å². The van der Waals surface area contributed by atoms with Gasteiger partial charge >= 0.3 is 5.97 Å². The van der Waals surface area contributed by atoms with E-state index < -0.39 is 5.97 Å². The normalized spacial score (nSPS) is 15.1. The highest BCUT2D eigenvalue weighted by Gasteiger charge is 2.35. The van der Waals surface area contributed by atoms with E-state index in [0.29, 0.717) is 17.1 Å². The SMILES string of the molecule is CCOC(=O)c1ccc(CN2C(=O)S/C(=C\c3ccc(N(C)C)cc3)C2=O)cc1. The summed E-state index contributed by atoms with van der Waals surface area (Å²) in [7, 11) is 3.92. The molecule has 0 radical (unpaired) electrons. The number of rotatable bonds is 6. The highest BCUT2D eigenvalue weighted by Crippen LogP contribution is 2.33. The van der Waals surface area contributed by atoms with Crippen LogP contribution in [0.5, 0.6) is 0 Å². The minimum atomic E-state index is -0.395. The number of imide groups is 1. The zero-order chi connectivity index (χ0) is 21.0. The second kappa shape index (κ2) is 8.96. The Bertz CT molecular complexity index is 950. The van der Waals surface area contributed by atoms with E-state index in [1.807, 2.05) is 43.3 Å². The van der Waals surface area contributed by atoms with Crippen molar-refractivity contribution in [2.45, 2.75) is 13.5 Å². The quantitative estimate of drug-likeness (QED) is 0.526. The van der Waals surface area contributed by atoms with E-state index in [-0.39, 0.29) is 17.7 Å². The van der Waals surface area contributed by atoms with Crippen LogP contribution in [0.2, 0.25) is 0 Å². The van der Waals surface area contributed by atoms with Gasteiger partial charge in [-0.1, -0.05) is 24.3 Å². The van der Waals surface area contributed by atoms with Crippen LogP contribution >= 0.6 is 11.8 Å². The number of benzene rings is 2. The standard InChI is InChI=1S/C22H22N2O4S/c1-4-28-21(26)17-9-5-16(6-10-17)14-24-20(25)19(29-22(24)27)13-15-7-11-18(12-8-15)23(2)3/h5-13H,4,14H2,1-3H3/b19-13-. The fourth-order valence-corrected chi connectivity index (χ4v) is 3.64. The second-order valence-corrected chi connectivity index (χ2v) is 7.66. The number of carbonyl (C=O) groups excluding carboxylic acids is 3. The van der Waals surface area contributed by atoms with Gasteiger partial charge in [-0.25, -0.2) is 4.79 Å². The Kier molecular flexibility index (Phi) is 6.39. The first-order chi connectivity index (χ1) is 13.9. The van der Waals surface area contributed by atoms with Crippen molar-refractivity contribution in [2.75, 3.05) is 25.6 Å². The number of ether oxygens (including phenoxy) is 1. The highest BCUT2D eigenvalue weighted by atomic mass is 32.2. The van der Waals surface area contributed by atoms with Gasteiger partial charge in [-0.15, -0.1) is 0 Å². The Balaban J connectivity index is 1.71. The summed E-state index contributed by atoms with van der Waals surface area (Å²) in [6.45, 7) is 2.21. The Labute approximate surface area is 174 Å². The first-order valence-electron chi connectivity index (χ1n) is 9.18. The summed E-state index contributed by atoms with van der Waals surface area (Å²) in [5, 5.41) is -0.305. The molecule has 0 bridgehead atoms. The first kappa shape index (κ1) is 20.7. The van der Waals surface area contributed by atoms with E-state index >= 15 is 0 Å². The molecule has 0 aliphatic carbocycles. The molecular formula is C22H22N2O4S. The summed E-state index contributed by atoms with van der Waals surface area (Å²) >= 11 is 0.935. The van der Waals surface area contributed by atoms with Gasteiger partial charge in [0.2, 0.25) is 0 Å². The molecule has 0 unspecified atom stereocenters. The zero-order valence-electron chi connectivity index (χ0n) is 16.5. The number of hydrogen-bond acceptors (Lipinski definition) is 6. The van der Waals surface area contributed by atoms with Gasteiger partial charge in [0.05, 0.1) is 23.6 Å². The molecule has 1 aliphatic heterocycles. The first-order valence-corrected chi connectivity index (χ1v) is 9.99. The number of amides is 2. The summed E-state index contributed by atoms with van der Waals surface area (Å²) in [5.74, 6) is -0.709. The average Bonchev–Trinajstić information content (AvgIpc) is 2.96. The monoisotopic (exact) mass is 410 g/mol. The molecule has 1 fully saturated rings. The Morgan fingerprint density at radius 3 is 2.31 bits per heavy atom. The Morgan fingerprint density at radius 1 is 1.07 bits per heavy atom. The van der Waals surface area contributed by atoms with Gasteiger partial charge in [-0.3, -0.25) is 14.5 Å². The van der Waals surface area contributed by atoms with Gasteiger partial charge in [0.15, 0.2) is 0 Å². The van der Waals surface area contributed by atoms with Crippen LogP contribution in [0.4, 0.5) is 10.5 Å². The van der Waals surface area contributed by atoms with Crippen LogP contribution in [0.15, 0.2) is 53.4 Å². The topological polar surface area (TPSA) is 66.9 Å². The maximum Gasteiger partial charge on any atom is 0.338 e. The molecule has 2 amide bonds.